The summed E-state index contributed by atoms with van der Waals surface area (Å²) in [6.45, 7) is 6.72. The van der Waals surface area contributed by atoms with Crippen molar-refractivity contribution in [1.29, 1.82) is 0 Å². The molecule has 1 aromatic heterocycles. The number of rotatable bonds is 6. The van der Waals surface area contributed by atoms with E-state index in [2.05, 4.69) is 41.4 Å². The molecular formula is C13H24N4O2S. The van der Waals surface area contributed by atoms with Crippen LogP contribution in [0.1, 0.15) is 33.0 Å². The number of hydrogen-bond donors (Lipinski definition) is 2. The minimum atomic E-state index is -2.91. The third-order valence-electron chi connectivity index (χ3n) is 2.65. The standard InChI is InChI=1S/C13H24N4O2S/c1-13(2,3)12-16-10(14-4)9-11(17-12)15-7-6-8-20(5,18)19/h9H,6-8H2,1-5H3,(H2,14,15,16,17). The predicted octanol–water partition coefficient (Wildman–Crippen LogP) is 1.66. The smallest absolute Gasteiger partial charge is 0.147 e. The minimum absolute atomic E-state index is 0.143. The van der Waals surface area contributed by atoms with Gasteiger partial charge < -0.3 is 10.6 Å². The molecule has 0 aromatic carbocycles. The molecule has 7 heteroatoms. The van der Waals surface area contributed by atoms with Gasteiger partial charge in [0.2, 0.25) is 0 Å². The Labute approximate surface area is 121 Å². The van der Waals surface area contributed by atoms with E-state index in [4.69, 9.17) is 0 Å². The number of nitrogens with one attached hydrogen (secondary N) is 2. The lowest BCUT2D eigenvalue weighted by Gasteiger charge is -2.18. The van der Waals surface area contributed by atoms with Crippen molar-refractivity contribution in [3.63, 3.8) is 0 Å². The normalized spacial score (nSPS) is 12.2. The summed E-state index contributed by atoms with van der Waals surface area (Å²) in [6, 6.07) is 1.82. The fourth-order valence-corrected chi connectivity index (χ4v) is 2.22. The molecule has 114 valence electrons. The first-order valence-corrected chi connectivity index (χ1v) is 8.67. The molecule has 2 N–H and O–H groups in total. The molecule has 0 aliphatic heterocycles. The summed E-state index contributed by atoms with van der Waals surface area (Å²) >= 11 is 0. The van der Waals surface area contributed by atoms with Gasteiger partial charge in [0.1, 0.15) is 27.3 Å². The van der Waals surface area contributed by atoms with E-state index in [0.29, 0.717) is 18.8 Å². The Morgan fingerprint density at radius 3 is 2.30 bits per heavy atom. The van der Waals surface area contributed by atoms with E-state index in [9.17, 15) is 8.42 Å². The Balaban J connectivity index is 2.75. The van der Waals surface area contributed by atoms with Gasteiger partial charge in [0, 0.05) is 31.3 Å². The largest absolute Gasteiger partial charge is 0.373 e. The summed E-state index contributed by atoms with van der Waals surface area (Å²) in [4.78, 5) is 8.91. The number of sulfone groups is 1. The van der Waals surface area contributed by atoms with Crippen LogP contribution in [0, 0.1) is 0 Å². The van der Waals surface area contributed by atoms with Gasteiger partial charge in [-0.05, 0) is 6.42 Å². The van der Waals surface area contributed by atoms with Crippen LogP contribution in [0.25, 0.3) is 0 Å². The van der Waals surface area contributed by atoms with Gasteiger partial charge in [0.15, 0.2) is 0 Å². The van der Waals surface area contributed by atoms with Crippen LogP contribution >= 0.6 is 0 Å². The monoisotopic (exact) mass is 300 g/mol. The SMILES string of the molecule is CNc1cc(NCCCS(C)(=O)=O)nc(C(C)(C)C)n1. The Hall–Kier alpha value is -1.37. The second-order valence-electron chi connectivity index (χ2n) is 5.87. The molecule has 0 aliphatic carbocycles. The van der Waals surface area contributed by atoms with Crippen molar-refractivity contribution in [2.75, 3.05) is 36.2 Å². The molecule has 0 spiro atoms. The molecule has 0 saturated carbocycles. The lowest BCUT2D eigenvalue weighted by atomic mass is 9.96. The van der Waals surface area contributed by atoms with Crippen LogP contribution in [0.15, 0.2) is 6.07 Å². The van der Waals surface area contributed by atoms with Crippen LogP contribution in [0.3, 0.4) is 0 Å². The van der Waals surface area contributed by atoms with Gasteiger partial charge in [-0.2, -0.15) is 0 Å². The topological polar surface area (TPSA) is 84.0 Å². The van der Waals surface area contributed by atoms with E-state index in [1.807, 2.05) is 13.1 Å². The molecule has 0 atom stereocenters. The van der Waals surface area contributed by atoms with Crippen LogP contribution in [0.4, 0.5) is 11.6 Å². The van der Waals surface area contributed by atoms with Gasteiger partial charge in [0.25, 0.3) is 0 Å². The first-order chi connectivity index (χ1) is 9.12. The van der Waals surface area contributed by atoms with E-state index in [0.717, 1.165) is 11.6 Å². The number of aromatic nitrogens is 2. The molecule has 0 saturated heterocycles. The summed E-state index contributed by atoms with van der Waals surface area (Å²) in [5, 5.41) is 6.16. The zero-order chi connectivity index (χ0) is 15.4. The van der Waals surface area contributed by atoms with Gasteiger partial charge in [-0.3, -0.25) is 0 Å². The summed E-state index contributed by atoms with van der Waals surface area (Å²) in [7, 11) is -1.10. The zero-order valence-electron chi connectivity index (χ0n) is 12.8. The van der Waals surface area contributed by atoms with E-state index < -0.39 is 9.84 Å². The Morgan fingerprint density at radius 2 is 1.80 bits per heavy atom. The molecule has 0 fully saturated rings. The maximum Gasteiger partial charge on any atom is 0.147 e. The third kappa shape index (κ3) is 5.73. The Bertz CT molecular complexity index is 550. The highest BCUT2D eigenvalue weighted by Crippen LogP contribution is 2.22. The van der Waals surface area contributed by atoms with Crippen LogP contribution < -0.4 is 10.6 Å². The predicted molar refractivity (Wildman–Crippen MR) is 83.1 cm³/mol. The maximum absolute atomic E-state index is 11.1. The first kappa shape index (κ1) is 16.7. The number of hydrogen-bond acceptors (Lipinski definition) is 6. The van der Waals surface area contributed by atoms with Crippen LogP contribution in [0.2, 0.25) is 0 Å². The van der Waals surface area contributed by atoms with Crippen molar-refractivity contribution in [2.24, 2.45) is 0 Å². The summed E-state index contributed by atoms with van der Waals surface area (Å²) in [5.74, 6) is 2.38. The highest BCUT2D eigenvalue weighted by atomic mass is 32.2. The molecule has 0 radical (unpaired) electrons. The molecular weight excluding hydrogens is 276 g/mol. The molecule has 6 nitrogen and oxygen atoms in total. The molecule has 1 aromatic rings. The summed E-state index contributed by atoms with van der Waals surface area (Å²) in [5.41, 5.74) is -0.143. The average molecular weight is 300 g/mol. The number of nitrogens with zero attached hydrogens (tertiary/aromatic N) is 2. The van der Waals surface area contributed by atoms with Gasteiger partial charge in [-0.15, -0.1) is 0 Å². The molecule has 1 rings (SSSR count). The number of anilines is 2. The van der Waals surface area contributed by atoms with Gasteiger partial charge in [-0.25, -0.2) is 18.4 Å². The molecule has 0 bridgehead atoms. The van der Waals surface area contributed by atoms with Gasteiger partial charge in [0.05, 0.1) is 5.75 Å². The van der Waals surface area contributed by atoms with E-state index in [1.165, 1.54) is 6.26 Å². The van der Waals surface area contributed by atoms with E-state index in [-0.39, 0.29) is 11.2 Å². The van der Waals surface area contributed by atoms with Crippen LogP contribution in [0.5, 0.6) is 0 Å². The summed E-state index contributed by atoms with van der Waals surface area (Å²) in [6.07, 6.45) is 1.80. The highest BCUT2D eigenvalue weighted by Gasteiger charge is 2.18. The lowest BCUT2D eigenvalue weighted by Crippen LogP contribution is -2.18. The van der Waals surface area contributed by atoms with Crippen molar-refractivity contribution in [1.82, 2.24) is 9.97 Å². The van der Waals surface area contributed by atoms with Crippen molar-refractivity contribution < 1.29 is 8.42 Å². The van der Waals surface area contributed by atoms with Crippen molar-refractivity contribution in [2.45, 2.75) is 32.6 Å². The molecule has 0 unspecified atom stereocenters. The minimum Gasteiger partial charge on any atom is -0.373 e. The third-order valence-corrected chi connectivity index (χ3v) is 3.68. The molecule has 1 heterocycles. The van der Waals surface area contributed by atoms with E-state index in [1.54, 1.807) is 0 Å². The average Bonchev–Trinajstić information content (AvgIpc) is 2.32. The highest BCUT2D eigenvalue weighted by molar-refractivity contribution is 7.90. The second-order valence-corrected chi connectivity index (χ2v) is 8.13. The second kappa shape index (κ2) is 6.39. The van der Waals surface area contributed by atoms with E-state index >= 15 is 0 Å². The summed E-state index contributed by atoms with van der Waals surface area (Å²) < 4.78 is 22.1. The van der Waals surface area contributed by atoms with Crippen molar-refractivity contribution in [3.05, 3.63) is 11.9 Å². The van der Waals surface area contributed by atoms with Crippen LogP contribution in [-0.2, 0) is 15.3 Å². The Morgan fingerprint density at radius 1 is 1.20 bits per heavy atom. The van der Waals surface area contributed by atoms with Crippen molar-refractivity contribution in [3.8, 4) is 0 Å². The molecule has 0 aliphatic rings. The fourth-order valence-electron chi connectivity index (χ4n) is 1.55. The lowest BCUT2D eigenvalue weighted by molar-refractivity contribution is 0.546. The van der Waals surface area contributed by atoms with Gasteiger partial charge in [-0.1, -0.05) is 20.8 Å². The fraction of sp³-hybridized carbons (Fsp3) is 0.692. The first-order valence-electron chi connectivity index (χ1n) is 6.61. The quantitative estimate of drug-likeness (QED) is 0.777. The van der Waals surface area contributed by atoms with Crippen molar-refractivity contribution >= 4 is 21.5 Å². The Kier molecular flexibility index (Phi) is 5.33. The zero-order valence-corrected chi connectivity index (χ0v) is 13.6. The van der Waals surface area contributed by atoms with Gasteiger partial charge >= 0.3 is 0 Å². The maximum atomic E-state index is 11.1. The molecule has 20 heavy (non-hydrogen) atoms. The van der Waals surface area contributed by atoms with Crippen LogP contribution in [-0.4, -0.2) is 44.0 Å². The molecule has 0 amide bonds.